The Morgan fingerprint density at radius 2 is 2.35 bits per heavy atom. The molecular formula is C14H24N2O. The summed E-state index contributed by atoms with van der Waals surface area (Å²) in [4.78, 5) is 12.3. The molecule has 2 N–H and O–H groups in total. The van der Waals surface area contributed by atoms with Gasteiger partial charge in [0, 0.05) is 5.41 Å². The van der Waals surface area contributed by atoms with Crippen LogP contribution in [0, 0.1) is 23.7 Å². The third-order valence-corrected chi connectivity index (χ3v) is 3.82. The van der Waals surface area contributed by atoms with Crippen LogP contribution in [0.2, 0.25) is 0 Å². The van der Waals surface area contributed by atoms with Gasteiger partial charge in [0.25, 0.3) is 0 Å². The summed E-state index contributed by atoms with van der Waals surface area (Å²) in [7, 11) is 0. The first-order valence-electron chi connectivity index (χ1n) is 6.50. The van der Waals surface area contributed by atoms with Crippen molar-refractivity contribution in [2.45, 2.75) is 46.1 Å². The zero-order valence-electron chi connectivity index (χ0n) is 11.2. The Bertz CT molecular complexity index is 298. The molecule has 3 heteroatoms. The van der Waals surface area contributed by atoms with Crippen LogP contribution >= 0.6 is 0 Å². The molecule has 0 radical (unpaired) electrons. The van der Waals surface area contributed by atoms with Gasteiger partial charge in [-0.05, 0) is 38.3 Å². The predicted octanol–water partition coefficient (Wildman–Crippen LogP) is 1.54. The predicted molar refractivity (Wildman–Crippen MR) is 70.4 cm³/mol. The molecule has 0 aromatic heterocycles. The van der Waals surface area contributed by atoms with E-state index in [0.717, 1.165) is 32.4 Å². The van der Waals surface area contributed by atoms with Crippen LogP contribution in [-0.4, -0.2) is 25.0 Å². The zero-order valence-corrected chi connectivity index (χ0v) is 11.2. The van der Waals surface area contributed by atoms with Gasteiger partial charge in [0.2, 0.25) is 5.91 Å². The molecule has 3 nitrogen and oxygen atoms in total. The third-order valence-electron chi connectivity index (χ3n) is 3.82. The minimum Gasteiger partial charge on any atom is -0.342 e. The van der Waals surface area contributed by atoms with E-state index in [9.17, 15) is 4.79 Å². The Hall–Kier alpha value is -1.01. The van der Waals surface area contributed by atoms with Crippen molar-refractivity contribution < 1.29 is 4.79 Å². The SMILES string of the molecule is C#CC(CC)NC(=O)C(C)(C)C1CCCNC1. The van der Waals surface area contributed by atoms with Crippen LogP contribution in [0.15, 0.2) is 0 Å². The fourth-order valence-corrected chi connectivity index (χ4v) is 2.26. The number of carbonyl (C=O) groups excluding carboxylic acids is 1. The maximum Gasteiger partial charge on any atom is 0.226 e. The van der Waals surface area contributed by atoms with Gasteiger partial charge in [0.05, 0.1) is 6.04 Å². The van der Waals surface area contributed by atoms with Gasteiger partial charge < -0.3 is 10.6 Å². The van der Waals surface area contributed by atoms with E-state index in [2.05, 4.69) is 16.6 Å². The van der Waals surface area contributed by atoms with Crippen molar-refractivity contribution >= 4 is 5.91 Å². The second kappa shape index (κ2) is 6.07. The highest BCUT2D eigenvalue weighted by Gasteiger charge is 2.37. The topological polar surface area (TPSA) is 41.1 Å². The summed E-state index contributed by atoms with van der Waals surface area (Å²) < 4.78 is 0. The summed E-state index contributed by atoms with van der Waals surface area (Å²) >= 11 is 0. The monoisotopic (exact) mass is 236 g/mol. The molecule has 1 fully saturated rings. The summed E-state index contributed by atoms with van der Waals surface area (Å²) in [6.45, 7) is 8.01. The Morgan fingerprint density at radius 3 is 2.82 bits per heavy atom. The van der Waals surface area contributed by atoms with Crippen molar-refractivity contribution in [3.63, 3.8) is 0 Å². The fourth-order valence-electron chi connectivity index (χ4n) is 2.26. The third kappa shape index (κ3) is 3.47. The van der Waals surface area contributed by atoms with Gasteiger partial charge in [-0.1, -0.05) is 26.7 Å². The Labute approximate surface area is 105 Å². The molecule has 96 valence electrons. The number of nitrogens with one attached hydrogen (secondary N) is 2. The van der Waals surface area contributed by atoms with Crippen molar-refractivity contribution in [1.29, 1.82) is 0 Å². The number of hydrogen-bond donors (Lipinski definition) is 2. The molecule has 2 atom stereocenters. The normalized spacial score (nSPS) is 22.6. The summed E-state index contributed by atoms with van der Waals surface area (Å²) in [5, 5.41) is 6.31. The molecule has 0 spiro atoms. The molecule has 1 aliphatic heterocycles. The maximum absolute atomic E-state index is 12.3. The van der Waals surface area contributed by atoms with Crippen LogP contribution in [0.3, 0.4) is 0 Å². The maximum atomic E-state index is 12.3. The van der Waals surface area contributed by atoms with Crippen LogP contribution < -0.4 is 10.6 Å². The zero-order chi connectivity index (χ0) is 12.9. The minimum absolute atomic E-state index is 0.0796. The fraction of sp³-hybridized carbons (Fsp3) is 0.786. The quantitative estimate of drug-likeness (QED) is 0.727. The Morgan fingerprint density at radius 1 is 1.65 bits per heavy atom. The molecule has 0 bridgehead atoms. The van der Waals surface area contributed by atoms with E-state index >= 15 is 0 Å². The minimum atomic E-state index is -0.350. The lowest BCUT2D eigenvalue weighted by molar-refractivity contribution is -0.133. The second-order valence-corrected chi connectivity index (χ2v) is 5.37. The molecule has 17 heavy (non-hydrogen) atoms. The Kier molecular flexibility index (Phi) is 5.02. The van der Waals surface area contributed by atoms with Gasteiger partial charge in [-0.2, -0.15) is 0 Å². The van der Waals surface area contributed by atoms with E-state index in [4.69, 9.17) is 6.42 Å². The van der Waals surface area contributed by atoms with Crippen LogP contribution in [0.25, 0.3) is 0 Å². The molecule has 0 aromatic carbocycles. The first-order chi connectivity index (χ1) is 8.02. The molecule has 1 heterocycles. The highest BCUT2D eigenvalue weighted by atomic mass is 16.2. The van der Waals surface area contributed by atoms with Gasteiger partial charge in [0.1, 0.15) is 0 Å². The first-order valence-corrected chi connectivity index (χ1v) is 6.50. The molecular weight excluding hydrogens is 212 g/mol. The smallest absolute Gasteiger partial charge is 0.226 e. The lowest BCUT2D eigenvalue weighted by atomic mass is 9.74. The molecule has 0 saturated carbocycles. The van der Waals surface area contributed by atoms with E-state index < -0.39 is 0 Å². The molecule has 1 aliphatic rings. The summed E-state index contributed by atoms with van der Waals surface area (Å²) in [6, 6.07) is -0.140. The van der Waals surface area contributed by atoms with E-state index in [1.165, 1.54) is 0 Å². The number of amides is 1. The number of carbonyl (C=O) groups is 1. The van der Waals surface area contributed by atoms with Gasteiger partial charge in [0.15, 0.2) is 0 Å². The van der Waals surface area contributed by atoms with E-state index in [-0.39, 0.29) is 17.4 Å². The van der Waals surface area contributed by atoms with Crippen molar-refractivity contribution in [1.82, 2.24) is 10.6 Å². The highest BCUT2D eigenvalue weighted by Crippen LogP contribution is 2.32. The standard InChI is InChI=1S/C14H24N2O/c1-5-12(6-2)16-13(17)14(3,4)11-8-7-9-15-10-11/h1,11-12,15H,6-10H2,2-4H3,(H,16,17). The van der Waals surface area contributed by atoms with Crippen LogP contribution in [0.1, 0.15) is 40.0 Å². The largest absolute Gasteiger partial charge is 0.342 e. The summed E-state index contributed by atoms with van der Waals surface area (Å²) in [5.41, 5.74) is -0.350. The number of rotatable bonds is 4. The van der Waals surface area contributed by atoms with Gasteiger partial charge in [-0.3, -0.25) is 4.79 Å². The number of terminal acetylenes is 1. The van der Waals surface area contributed by atoms with Crippen LogP contribution in [0.4, 0.5) is 0 Å². The molecule has 0 aromatic rings. The average molecular weight is 236 g/mol. The van der Waals surface area contributed by atoms with Crippen molar-refractivity contribution in [3.8, 4) is 12.3 Å². The highest BCUT2D eigenvalue weighted by molar-refractivity contribution is 5.82. The molecule has 1 saturated heterocycles. The van der Waals surface area contributed by atoms with Crippen molar-refractivity contribution in [2.75, 3.05) is 13.1 Å². The first kappa shape index (κ1) is 14.1. The summed E-state index contributed by atoms with van der Waals surface area (Å²) in [5.74, 6) is 3.08. The van der Waals surface area contributed by atoms with E-state index in [1.807, 2.05) is 20.8 Å². The van der Waals surface area contributed by atoms with Crippen molar-refractivity contribution in [3.05, 3.63) is 0 Å². The van der Waals surface area contributed by atoms with Gasteiger partial charge >= 0.3 is 0 Å². The number of hydrogen-bond acceptors (Lipinski definition) is 2. The van der Waals surface area contributed by atoms with Crippen LogP contribution in [0.5, 0.6) is 0 Å². The molecule has 1 amide bonds. The molecule has 0 aliphatic carbocycles. The lowest BCUT2D eigenvalue weighted by Gasteiger charge is -2.36. The van der Waals surface area contributed by atoms with Crippen molar-refractivity contribution in [2.24, 2.45) is 11.3 Å². The lowest BCUT2D eigenvalue weighted by Crippen LogP contribution is -2.49. The molecule has 2 unspecified atom stereocenters. The van der Waals surface area contributed by atoms with Gasteiger partial charge in [-0.25, -0.2) is 0 Å². The van der Waals surface area contributed by atoms with Crippen LogP contribution in [-0.2, 0) is 4.79 Å². The Balaban J connectivity index is 2.62. The van der Waals surface area contributed by atoms with E-state index in [1.54, 1.807) is 0 Å². The van der Waals surface area contributed by atoms with E-state index in [0.29, 0.717) is 5.92 Å². The molecule has 1 rings (SSSR count). The number of piperidine rings is 1. The average Bonchev–Trinajstić information content (AvgIpc) is 2.36. The van der Waals surface area contributed by atoms with Gasteiger partial charge in [-0.15, -0.1) is 6.42 Å². The summed E-state index contributed by atoms with van der Waals surface area (Å²) in [6.07, 6.45) is 8.41. The second-order valence-electron chi connectivity index (χ2n) is 5.37.